The van der Waals surface area contributed by atoms with Crippen molar-refractivity contribution in [2.45, 2.75) is 0 Å². The molecule has 0 aliphatic rings. The van der Waals surface area contributed by atoms with Crippen LogP contribution in [0.4, 0.5) is 0 Å². The van der Waals surface area contributed by atoms with Gasteiger partial charge in [0, 0.05) is 11.1 Å². The second kappa shape index (κ2) is 8.12. The molecule has 0 atom stereocenters. The molecule has 0 aliphatic heterocycles. The number of hydrogen-bond donors (Lipinski definition) is 0. The molecule has 0 saturated carbocycles. The van der Waals surface area contributed by atoms with Gasteiger partial charge in [-0.3, -0.25) is 0 Å². The molecule has 0 amide bonds. The zero-order valence-corrected chi connectivity index (χ0v) is 18.4. The first-order valence-electron chi connectivity index (χ1n) is 10.7. The summed E-state index contributed by atoms with van der Waals surface area (Å²) in [4.78, 5) is 13.4. The summed E-state index contributed by atoms with van der Waals surface area (Å²) >= 11 is 6.26. The maximum absolute atomic E-state index is 6.26. The summed E-state index contributed by atoms with van der Waals surface area (Å²) in [5.74, 6) is 1.13. The summed E-state index contributed by atoms with van der Waals surface area (Å²) in [6.45, 7) is 0. The highest BCUT2D eigenvalue weighted by molar-refractivity contribution is 6.28. The molecule has 1 aromatic heterocycles. The van der Waals surface area contributed by atoms with Gasteiger partial charge in [-0.15, -0.1) is 0 Å². The molecule has 0 bridgehead atoms. The van der Waals surface area contributed by atoms with Crippen LogP contribution in [-0.4, -0.2) is 15.0 Å². The van der Waals surface area contributed by atoms with Gasteiger partial charge in [-0.1, -0.05) is 91.0 Å². The molecule has 156 valence electrons. The maximum Gasteiger partial charge on any atom is 0.226 e. The van der Waals surface area contributed by atoms with Crippen molar-refractivity contribution in [1.82, 2.24) is 15.0 Å². The molecule has 0 N–H and O–H groups in total. The van der Waals surface area contributed by atoms with Gasteiger partial charge in [-0.05, 0) is 62.5 Å². The maximum atomic E-state index is 6.26. The highest BCUT2D eigenvalue weighted by atomic mass is 35.5. The summed E-state index contributed by atoms with van der Waals surface area (Å²) in [5, 5.41) is 4.94. The van der Waals surface area contributed by atoms with Crippen molar-refractivity contribution >= 4 is 33.1 Å². The van der Waals surface area contributed by atoms with Crippen molar-refractivity contribution in [3.8, 4) is 33.9 Å². The molecule has 6 rings (SSSR count). The number of hydrogen-bond acceptors (Lipinski definition) is 3. The van der Waals surface area contributed by atoms with E-state index in [2.05, 4.69) is 87.7 Å². The van der Waals surface area contributed by atoms with Crippen molar-refractivity contribution in [3.63, 3.8) is 0 Å². The lowest BCUT2D eigenvalue weighted by Gasteiger charge is -2.08. The molecule has 0 fully saturated rings. The normalized spacial score (nSPS) is 11.2. The van der Waals surface area contributed by atoms with Crippen LogP contribution in [0, 0.1) is 0 Å². The highest BCUT2D eigenvalue weighted by Gasteiger charge is 2.10. The average molecular weight is 444 g/mol. The topological polar surface area (TPSA) is 38.7 Å². The van der Waals surface area contributed by atoms with E-state index in [-0.39, 0.29) is 5.28 Å². The Kier molecular flexibility index (Phi) is 4.82. The lowest BCUT2D eigenvalue weighted by atomic mass is 9.98. The van der Waals surface area contributed by atoms with E-state index >= 15 is 0 Å². The molecule has 33 heavy (non-hydrogen) atoms. The molecule has 0 saturated heterocycles. The van der Waals surface area contributed by atoms with Crippen molar-refractivity contribution in [2.75, 3.05) is 0 Å². The van der Waals surface area contributed by atoms with Gasteiger partial charge < -0.3 is 0 Å². The fraction of sp³-hybridized carbons (Fsp3) is 0. The van der Waals surface area contributed by atoms with E-state index in [4.69, 9.17) is 11.6 Å². The Bertz CT molecular complexity index is 1630. The predicted molar refractivity (Wildman–Crippen MR) is 136 cm³/mol. The van der Waals surface area contributed by atoms with Gasteiger partial charge in [-0.2, -0.15) is 9.97 Å². The summed E-state index contributed by atoms with van der Waals surface area (Å²) in [5.41, 5.74) is 4.17. The van der Waals surface area contributed by atoms with E-state index in [1.54, 1.807) is 0 Å². The molecular formula is C29H18ClN3. The van der Waals surface area contributed by atoms with E-state index in [9.17, 15) is 0 Å². The number of halogens is 1. The van der Waals surface area contributed by atoms with Gasteiger partial charge >= 0.3 is 0 Å². The van der Waals surface area contributed by atoms with Crippen molar-refractivity contribution in [3.05, 3.63) is 114 Å². The Balaban J connectivity index is 1.44. The fourth-order valence-electron chi connectivity index (χ4n) is 4.13. The minimum Gasteiger partial charge on any atom is -0.208 e. The van der Waals surface area contributed by atoms with E-state index in [1.807, 2.05) is 36.4 Å². The van der Waals surface area contributed by atoms with Gasteiger partial charge in [-0.25, -0.2) is 4.98 Å². The van der Waals surface area contributed by atoms with Crippen molar-refractivity contribution < 1.29 is 0 Å². The SMILES string of the molecule is Clc1nc(-c2ccccc2)nc(-c2ccc3ccc(-c4ccc5ccccc5c4)cc3c2)n1. The fourth-order valence-corrected chi connectivity index (χ4v) is 4.29. The summed E-state index contributed by atoms with van der Waals surface area (Å²) in [6, 6.07) is 37.6. The Hall–Kier alpha value is -4.08. The standard InChI is InChI=1S/C29H18ClN3/c30-29-32-27(21-7-2-1-3-8-21)31-28(33-29)25-15-12-20-11-14-24(17-26(20)18-25)23-13-10-19-6-4-5-9-22(19)16-23/h1-18H. The second-order valence-electron chi connectivity index (χ2n) is 7.96. The molecule has 0 aliphatic carbocycles. The lowest BCUT2D eigenvalue weighted by molar-refractivity contribution is 1.07. The second-order valence-corrected chi connectivity index (χ2v) is 8.29. The highest BCUT2D eigenvalue weighted by Crippen LogP contribution is 2.30. The number of aromatic nitrogens is 3. The first-order chi connectivity index (χ1) is 16.2. The molecule has 1 heterocycles. The predicted octanol–water partition coefficient (Wildman–Crippen LogP) is 7.83. The Morgan fingerprint density at radius 3 is 1.64 bits per heavy atom. The van der Waals surface area contributed by atoms with Crippen LogP contribution in [0.3, 0.4) is 0 Å². The van der Waals surface area contributed by atoms with Gasteiger partial charge in [0.25, 0.3) is 0 Å². The number of fused-ring (bicyclic) bond motifs is 2. The zero-order chi connectivity index (χ0) is 22.2. The van der Waals surface area contributed by atoms with E-state index < -0.39 is 0 Å². The van der Waals surface area contributed by atoms with Crippen LogP contribution in [0.25, 0.3) is 55.4 Å². The first kappa shape index (κ1) is 19.6. The summed E-state index contributed by atoms with van der Waals surface area (Å²) < 4.78 is 0. The Labute approximate surface area is 196 Å². The molecule has 0 radical (unpaired) electrons. The molecule has 5 aromatic carbocycles. The minimum atomic E-state index is 0.184. The smallest absolute Gasteiger partial charge is 0.208 e. The van der Waals surface area contributed by atoms with Crippen LogP contribution < -0.4 is 0 Å². The molecular weight excluding hydrogens is 426 g/mol. The van der Waals surface area contributed by atoms with Crippen LogP contribution >= 0.6 is 11.6 Å². The lowest BCUT2D eigenvalue weighted by Crippen LogP contribution is -1.97. The quantitative estimate of drug-likeness (QED) is 0.279. The van der Waals surface area contributed by atoms with Crippen LogP contribution in [0.2, 0.25) is 5.28 Å². The van der Waals surface area contributed by atoms with Crippen LogP contribution in [-0.2, 0) is 0 Å². The molecule has 3 nitrogen and oxygen atoms in total. The number of benzene rings is 5. The largest absolute Gasteiger partial charge is 0.226 e. The summed E-state index contributed by atoms with van der Waals surface area (Å²) in [7, 11) is 0. The van der Waals surface area contributed by atoms with Crippen molar-refractivity contribution in [1.29, 1.82) is 0 Å². The third-order valence-corrected chi connectivity index (χ3v) is 5.99. The molecule has 0 spiro atoms. The molecule has 0 unspecified atom stereocenters. The number of nitrogens with zero attached hydrogens (tertiary/aromatic N) is 3. The first-order valence-corrected chi connectivity index (χ1v) is 11.1. The Morgan fingerprint density at radius 2 is 0.909 bits per heavy atom. The Morgan fingerprint density at radius 1 is 0.394 bits per heavy atom. The van der Waals surface area contributed by atoms with Crippen LogP contribution in [0.5, 0.6) is 0 Å². The monoisotopic (exact) mass is 443 g/mol. The van der Waals surface area contributed by atoms with E-state index in [0.29, 0.717) is 11.6 Å². The van der Waals surface area contributed by atoms with Gasteiger partial charge in [0.1, 0.15) is 0 Å². The van der Waals surface area contributed by atoms with Crippen LogP contribution in [0.1, 0.15) is 0 Å². The van der Waals surface area contributed by atoms with Crippen LogP contribution in [0.15, 0.2) is 109 Å². The van der Waals surface area contributed by atoms with Crippen molar-refractivity contribution in [2.24, 2.45) is 0 Å². The third kappa shape index (κ3) is 3.84. The van der Waals surface area contributed by atoms with E-state index in [0.717, 1.165) is 21.9 Å². The third-order valence-electron chi connectivity index (χ3n) is 5.82. The minimum absolute atomic E-state index is 0.184. The average Bonchev–Trinajstić information content (AvgIpc) is 2.88. The van der Waals surface area contributed by atoms with Gasteiger partial charge in [0.05, 0.1) is 0 Å². The van der Waals surface area contributed by atoms with Gasteiger partial charge in [0.15, 0.2) is 11.6 Å². The van der Waals surface area contributed by atoms with Gasteiger partial charge in [0.2, 0.25) is 5.28 Å². The molecule has 4 heteroatoms. The molecule has 6 aromatic rings. The zero-order valence-electron chi connectivity index (χ0n) is 17.6. The number of rotatable bonds is 3. The summed E-state index contributed by atoms with van der Waals surface area (Å²) in [6.07, 6.45) is 0. The van der Waals surface area contributed by atoms with E-state index in [1.165, 1.54) is 21.9 Å².